The minimum atomic E-state index is -0.468. The molecule has 1 saturated carbocycles. The summed E-state index contributed by atoms with van der Waals surface area (Å²) in [6.07, 6.45) is 1.99. The fourth-order valence-electron chi connectivity index (χ4n) is 3.43. The summed E-state index contributed by atoms with van der Waals surface area (Å²) in [6.45, 7) is 1.76. The van der Waals surface area contributed by atoms with Crippen LogP contribution in [0.3, 0.4) is 0 Å². The Morgan fingerprint density at radius 1 is 1.19 bits per heavy atom. The van der Waals surface area contributed by atoms with Crippen molar-refractivity contribution >= 4 is 34.3 Å². The second kappa shape index (κ2) is 8.12. The molecule has 1 aliphatic carbocycles. The van der Waals surface area contributed by atoms with E-state index in [9.17, 15) is 14.0 Å². The standard InChI is InChI=1S/C22H18FN5O3S/c1-11-8-16(18-19(12-2-3-12)28-31-21(18)24-11)20(30)27-26-17(29)9-15-10-32-22(25-15)13-4-6-14(23)7-5-13/h4-8,10,12H,2-3,9H2,1H3,(H,26,29)(H,27,30). The number of hydrazine groups is 1. The maximum absolute atomic E-state index is 13.1. The van der Waals surface area contributed by atoms with Crippen molar-refractivity contribution in [2.75, 3.05) is 0 Å². The fraction of sp³-hybridized carbons (Fsp3) is 0.227. The Morgan fingerprint density at radius 2 is 1.97 bits per heavy atom. The molecule has 2 amide bonds. The number of aryl methyl sites for hydroxylation is 1. The van der Waals surface area contributed by atoms with Crippen LogP contribution >= 0.6 is 11.3 Å². The van der Waals surface area contributed by atoms with E-state index in [0.29, 0.717) is 33.1 Å². The number of carbonyl (C=O) groups excluding carboxylic acids is 2. The van der Waals surface area contributed by atoms with Gasteiger partial charge in [-0.05, 0) is 50.1 Å². The summed E-state index contributed by atoms with van der Waals surface area (Å²) in [4.78, 5) is 33.9. The maximum atomic E-state index is 13.1. The van der Waals surface area contributed by atoms with Crippen LogP contribution in [0.15, 0.2) is 40.2 Å². The third-order valence-electron chi connectivity index (χ3n) is 5.11. The Balaban J connectivity index is 1.25. The molecule has 8 nitrogen and oxygen atoms in total. The number of nitrogens with one attached hydrogen (secondary N) is 2. The smallest absolute Gasteiger partial charge is 0.270 e. The molecule has 1 fully saturated rings. The van der Waals surface area contributed by atoms with Crippen molar-refractivity contribution in [3.05, 3.63) is 64.2 Å². The molecule has 1 aliphatic rings. The van der Waals surface area contributed by atoms with Gasteiger partial charge in [-0.25, -0.2) is 14.4 Å². The molecule has 2 N–H and O–H groups in total. The van der Waals surface area contributed by atoms with Gasteiger partial charge in [-0.3, -0.25) is 20.4 Å². The zero-order valence-electron chi connectivity index (χ0n) is 17.0. The van der Waals surface area contributed by atoms with Crippen LogP contribution in [-0.2, 0) is 11.2 Å². The summed E-state index contributed by atoms with van der Waals surface area (Å²) in [5.41, 5.74) is 8.25. The Hall–Kier alpha value is -3.66. The Labute approximate surface area is 185 Å². The van der Waals surface area contributed by atoms with E-state index in [2.05, 4.69) is 26.0 Å². The quantitative estimate of drug-likeness (QED) is 0.448. The van der Waals surface area contributed by atoms with E-state index < -0.39 is 11.8 Å². The maximum Gasteiger partial charge on any atom is 0.270 e. The Morgan fingerprint density at radius 3 is 2.72 bits per heavy atom. The molecule has 32 heavy (non-hydrogen) atoms. The second-order valence-electron chi connectivity index (χ2n) is 7.66. The Kier molecular flexibility index (Phi) is 5.14. The molecular formula is C22H18FN5O3S. The van der Waals surface area contributed by atoms with Crippen LogP contribution in [0, 0.1) is 12.7 Å². The summed E-state index contributed by atoms with van der Waals surface area (Å²) in [7, 11) is 0. The number of hydrogen-bond acceptors (Lipinski definition) is 7. The molecule has 10 heteroatoms. The largest absolute Gasteiger partial charge is 0.335 e. The van der Waals surface area contributed by atoms with E-state index in [4.69, 9.17) is 4.52 Å². The highest BCUT2D eigenvalue weighted by Gasteiger charge is 2.32. The molecule has 0 spiro atoms. The summed E-state index contributed by atoms with van der Waals surface area (Å²) in [6, 6.07) is 7.65. The van der Waals surface area contributed by atoms with Crippen molar-refractivity contribution in [1.82, 2.24) is 26.0 Å². The number of thiazole rings is 1. The number of aromatic nitrogens is 3. The van der Waals surface area contributed by atoms with Crippen LogP contribution in [0.5, 0.6) is 0 Å². The van der Waals surface area contributed by atoms with Gasteiger partial charge in [0.05, 0.1) is 28.8 Å². The predicted molar refractivity (Wildman–Crippen MR) is 115 cm³/mol. The first-order chi connectivity index (χ1) is 15.5. The van der Waals surface area contributed by atoms with Crippen LogP contribution in [0.2, 0.25) is 0 Å². The van der Waals surface area contributed by atoms with Gasteiger partial charge in [-0.1, -0.05) is 5.16 Å². The van der Waals surface area contributed by atoms with Gasteiger partial charge in [-0.15, -0.1) is 11.3 Å². The Bertz CT molecular complexity index is 1330. The fourth-order valence-corrected chi connectivity index (χ4v) is 4.25. The molecular weight excluding hydrogens is 433 g/mol. The SMILES string of the molecule is Cc1cc(C(=O)NNC(=O)Cc2csc(-c3ccc(F)cc3)n2)c2c(C3CC3)noc2n1. The lowest BCUT2D eigenvalue weighted by Crippen LogP contribution is -2.42. The lowest BCUT2D eigenvalue weighted by molar-refractivity contribution is -0.121. The number of amides is 2. The summed E-state index contributed by atoms with van der Waals surface area (Å²) in [5.74, 6) is -0.923. The van der Waals surface area contributed by atoms with E-state index in [1.54, 1.807) is 30.5 Å². The number of pyridine rings is 1. The van der Waals surface area contributed by atoms with E-state index in [0.717, 1.165) is 24.1 Å². The molecule has 3 aromatic heterocycles. The van der Waals surface area contributed by atoms with Gasteiger partial charge in [0, 0.05) is 22.6 Å². The molecule has 3 heterocycles. The molecule has 0 bridgehead atoms. The molecule has 0 atom stereocenters. The number of benzene rings is 1. The molecule has 1 aromatic carbocycles. The van der Waals surface area contributed by atoms with E-state index in [-0.39, 0.29) is 18.2 Å². The molecule has 0 aliphatic heterocycles. The van der Waals surface area contributed by atoms with E-state index in [1.807, 2.05) is 0 Å². The molecule has 0 saturated heterocycles. The monoisotopic (exact) mass is 451 g/mol. The first-order valence-electron chi connectivity index (χ1n) is 10.0. The first-order valence-corrected chi connectivity index (χ1v) is 10.9. The van der Waals surface area contributed by atoms with Crippen molar-refractivity contribution in [1.29, 1.82) is 0 Å². The summed E-state index contributed by atoms with van der Waals surface area (Å²) >= 11 is 1.36. The number of hydrogen-bond donors (Lipinski definition) is 2. The lowest BCUT2D eigenvalue weighted by atomic mass is 10.1. The highest BCUT2D eigenvalue weighted by Crippen LogP contribution is 2.43. The highest BCUT2D eigenvalue weighted by molar-refractivity contribution is 7.13. The summed E-state index contributed by atoms with van der Waals surface area (Å²) in [5, 5.41) is 7.13. The van der Waals surface area contributed by atoms with Crippen LogP contribution in [0.4, 0.5) is 4.39 Å². The first kappa shape index (κ1) is 20.3. The van der Waals surface area contributed by atoms with E-state index >= 15 is 0 Å². The van der Waals surface area contributed by atoms with Crippen LogP contribution < -0.4 is 10.9 Å². The van der Waals surface area contributed by atoms with Gasteiger partial charge in [0.1, 0.15) is 10.8 Å². The third-order valence-corrected chi connectivity index (χ3v) is 6.05. The zero-order valence-corrected chi connectivity index (χ0v) is 17.8. The predicted octanol–water partition coefficient (Wildman–Crippen LogP) is 3.67. The van der Waals surface area contributed by atoms with Crippen LogP contribution in [0.1, 0.15) is 46.2 Å². The highest BCUT2D eigenvalue weighted by atomic mass is 32.1. The number of halogens is 1. The minimum Gasteiger partial charge on any atom is -0.335 e. The third kappa shape index (κ3) is 4.09. The number of rotatable bonds is 5. The average Bonchev–Trinajstić information content (AvgIpc) is 3.37. The van der Waals surface area contributed by atoms with Gasteiger partial charge >= 0.3 is 0 Å². The van der Waals surface area contributed by atoms with Crippen LogP contribution in [-0.4, -0.2) is 26.9 Å². The molecule has 0 unspecified atom stereocenters. The van der Waals surface area contributed by atoms with E-state index in [1.165, 1.54) is 23.5 Å². The summed E-state index contributed by atoms with van der Waals surface area (Å²) < 4.78 is 18.4. The van der Waals surface area contributed by atoms with Gasteiger partial charge < -0.3 is 4.52 Å². The minimum absolute atomic E-state index is 0.0106. The van der Waals surface area contributed by atoms with Gasteiger partial charge in [-0.2, -0.15) is 0 Å². The normalized spacial score (nSPS) is 13.3. The molecule has 0 radical (unpaired) electrons. The number of carbonyl (C=O) groups is 2. The topological polar surface area (TPSA) is 110 Å². The van der Waals surface area contributed by atoms with Crippen molar-refractivity contribution in [2.24, 2.45) is 0 Å². The van der Waals surface area contributed by atoms with Gasteiger partial charge in [0.2, 0.25) is 5.91 Å². The molecule has 162 valence electrons. The van der Waals surface area contributed by atoms with Crippen molar-refractivity contribution in [3.63, 3.8) is 0 Å². The van der Waals surface area contributed by atoms with Gasteiger partial charge in [0.15, 0.2) is 0 Å². The number of nitrogens with zero attached hydrogens (tertiary/aromatic N) is 3. The zero-order chi connectivity index (χ0) is 22.2. The molecule has 5 rings (SSSR count). The van der Waals surface area contributed by atoms with Crippen molar-refractivity contribution in [2.45, 2.75) is 32.1 Å². The lowest BCUT2D eigenvalue weighted by Gasteiger charge is -2.08. The average molecular weight is 451 g/mol. The molecule has 4 aromatic rings. The van der Waals surface area contributed by atoms with Gasteiger partial charge in [0.25, 0.3) is 11.6 Å². The van der Waals surface area contributed by atoms with Crippen LogP contribution in [0.25, 0.3) is 21.7 Å². The second-order valence-corrected chi connectivity index (χ2v) is 8.52. The van der Waals surface area contributed by atoms with Crippen molar-refractivity contribution < 1.29 is 18.5 Å². The van der Waals surface area contributed by atoms with Crippen molar-refractivity contribution in [3.8, 4) is 10.6 Å². The number of fused-ring (bicyclic) bond motifs is 1.